The number of rotatable bonds is 3. The van der Waals surface area contributed by atoms with Crippen LogP contribution in [-0.2, 0) is 0 Å². The molecule has 0 unspecified atom stereocenters. The zero-order valence-corrected chi connectivity index (χ0v) is 10.6. The Morgan fingerprint density at radius 3 is 2.55 bits per heavy atom. The zero-order valence-electron chi connectivity index (χ0n) is 10.6. The molecule has 3 N–H and O–H groups in total. The van der Waals surface area contributed by atoms with E-state index >= 15 is 0 Å². The van der Waals surface area contributed by atoms with Crippen molar-refractivity contribution < 1.29 is 19.8 Å². The Labute approximate surface area is 114 Å². The lowest BCUT2D eigenvalue weighted by Gasteiger charge is -2.07. The molecule has 0 radical (unpaired) electrons. The van der Waals surface area contributed by atoms with E-state index in [1.165, 1.54) is 30.6 Å². The molecule has 0 spiro atoms. The number of anilines is 1. The van der Waals surface area contributed by atoms with Gasteiger partial charge in [-0.3, -0.25) is 9.78 Å². The number of hydrogen-bond acceptors (Lipinski definition) is 4. The number of benzene rings is 1. The van der Waals surface area contributed by atoms with Gasteiger partial charge in [-0.1, -0.05) is 0 Å². The number of aromatic hydroxyl groups is 1. The maximum Gasteiger partial charge on any atom is 0.335 e. The Bertz CT molecular complexity index is 683. The molecule has 1 heterocycles. The Hall–Kier alpha value is -2.89. The molecule has 102 valence electrons. The lowest BCUT2D eigenvalue weighted by atomic mass is 10.1. The number of nitrogens with zero attached hydrogens (tertiary/aromatic N) is 1. The maximum absolute atomic E-state index is 11.9. The zero-order chi connectivity index (χ0) is 14.7. The Morgan fingerprint density at radius 2 is 1.95 bits per heavy atom. The molecule has 6 nitrogen and oxygen atoms in total. The van der Waals surface area contributed by atoms with Crippen molar-refractivity contribution in [2.75, 3.05) is 5.32 Å². The van der Waals surface area contributed by atoms with Gasteiger partial charge in [0, 0.05) is 11.9 Å². The molecule has 2 aromatic rings. The Balaban J connectivity index is 2.20. The van der Waals surface area contributed by atoms with Crippen LogP contribution in [0.3, 0.4) is 0 Å². The highest BCUT2D eigenvalue weighted by atomic mass is 16.4. The number of carboxylic acid groups (broad SMARTS) is 1. The first kappa shape index (κ1) is 13.5. The van der Waals surface area contributed by atoms with E-state index in [1.807, 2.05) is 0 Å². The fraction of sp³-hybridized carbons (Fsp3) is 0.0714. The molecule has 1 aromatic carbocycles. The minimum atomic E-state index is -1.02. The van der Waals surface area contributed by atoms with Crippen molar-refractivity contribution in [2.24, 2.45) is 0 Å². The minimum absolute atomic E-state index is 0.102. The number of carboxylic acids is 1. The Kier molecular flexibility index (Phi) is 3.65. The first-order valence-electron chi connectivity index (χ1n) is 5.76. The monoisotopic (exact) mass is 272 g/mol. The average molecular weight is 272 g/mol. The lowest BCUT2D eigenvalue weighted by Crippen LogP contribution is -2.12. The molecular formula is C14H12N2O4. The van der Waals surface area contributed by atoms with E-state index in [-0.39, 0.29) is 16.9 Å². The van der Waals surface area contributed by atoms with E-state index in [1.54, 1.807) is 13.0 Å². The number of aromatic nitrogens is 1. The van der Waals surface area contributed by atoms with Crippen LogP contribution in [-0.4, -0.2) is 27.1 Å². The summed E-state index contributed by atoms with van der Waals surface area (Å²) in [4.78, 5) is 26.5. The summed E-state index contributed by atoms with van der Waals surface area (Å²) in [5.74, 6) is -1.55. The fourth-order valence-electron chi connectivity index (χ4n) is 1.74. The second kappa shape index (κ2) is 5.40. The number of aromatic carboxylic acids is 1. The van der Waals surface area contributed by atoms with E-state index in [0.29, 0.717) is 11.3 Å². The first-order chi connectivity index (χ1) is 9.47. The number of carbonyl (C=O) groups is 2. The molecule has 0 fully saturated rings. The quantitative estimate of drug-likeness (QED) is 0.794. The maximum atomic E-state index is 11.9. The van der Waals surface area contributed by atoms with Crippen LogP contribution in [0, 0.1) is 6.92 Å². The highest BCUT2D eigenvalue weighted by Crippen LogP contribution is 2.17. The van der Waals surface area contributed by atoms with Crippen molar-refractivity contribution in [3.05, 3.63) is 53.3 Å². The van der Waals surface area contributed by atoms with Crippen molar-refractivity contribution in [1.29, 1.82) is 0 Å². The standard InChI is InChI=1S/C14H12N2O4/c1-8-4-10(2-3-12(8)14(19)20)16-13(18)9-5-11(17)7-15-6-9/h2-7,17H,1H3,(H,16,18)(H,19,20). The van der Waals surface area contributed by atoms with Gasteiger partial charge in [0.25, 0.3) is 5.91 Å². The van der Waals surface area contributed by atoms with Crippen molar-refractivity contribution in [2.45, 2.75) is 6.92 Å². The average Bonchev–Trinajstić information content (AvgIpc) is 2.38. The summed E-state index contributed by atoms with van der Waals surface area (Å²) in [6, 6.07) is 5.79. The molecule has 0 saturated heterocycles. The molecule has 1 aromatic heterocycles. The Morgan fingerprint density at radius 1 is 1.20 bits per heavy atom. The summed E-state index contributed by atoms with van der Waals surface area (Å²) in [7, 11) is 0. The number of nitrogens with one attached hydrogen (secondary N) is 1. The molecule has 0 atom stereocenters. The molecule has 6 heteroatoms. The van der Waals surface area contributed by atoms with Crippen LogP contribution < -0.4 is 5.32 Å². The van der Waals surface area contributed by atoms with Crippen LogP contribution in [0.5, 0.6) is 5.75 Å². The summed E-state index contributed by atoms with van der Waals surface area (Å²) in [5.41, 5.74) is 1.41. The van der Waals surface area contributed by atoms with Gasteiger partial charge >= 0.3 is 5.97 Å². The van der Waals surface area contributed by atoms with E-state index in [0.717, 1.165) is 0 Å². The van der Waals surface area contributed by atoms with Crippen molar-refractivity contribution in [1.82, 2.24) is 4.98 Å². The molecule has 0 bridgehead atoms. The lowest BCUT2D eigenvalue weighted by molar-refractivity contribution is 0.0696. The number of carbonyl (C=O) groups excluding carboxylic acids is 1. The van der Waals surface area contributed by atoms with Gasteiger partial charge in [-0.15, -0.1) is 0 Å². The predicted molar refractivity (Wildman–Crippen MR) is 72.0 cm³/mol. The molecular weight excluding hydrogens is 260 g/mol. The fourth-order valence-corrected chi connectivity index (χ4v) is 1.74. The molecule has 0 aliphatic heterocycles. The molecule has 20 heavy (non-hydrogen) atoms. The highest BCUT2D eigenvalue weighted by Gasteiger charge is 2.10. The van der Waals surface area contributed by atoms with Gasteiger partial charge in [0.05, 0.1) is 17.3 Å². The van der Waals surface area contributed by atoms with Crippen LogP contribution in [0.1, 0.15) is 26.3 Å². The number of aryl methyl sites for hydroxylation is 1. The topological polar surface area (TPSA) is 99.5 Å². The largest absolute Gasteiger partial charge is 0.506 e. The van der Waals surface area contributed by atoms with Gasteiger partial charge in [-0.05, 0) is 36.8 Å². The van der Waals surface area contributed by atoms with Gasteiger partial charge < -0.3 is 15.5 Å². The number of hydrogen-bond donors (Lipinski definition) is 3. The summed E-state index contributed by atoms with van der Waals surface area (Å²) in [6.45, 7) is 1.65. The second-order valence-electron chi connectivity index (χ2n) is 4.22. The van der Waals surface area contributed by atoms with E-state index < -0.39 is 11.9 Å². The van der Waals surface area contributed by atoms with Gasteiger partial charge in [0.15, 0.2) is 0 Å². The highest BCUT2D eigenvalue weighted by molar-refractivity contribution is 6.04. The first-order valence-corrected chi connectivity index (χ1v) is 5.76. The normalized spacial score (nSPS) is 10.1. The number of amides is 1. The van der Waals surface area contributed by atoms with Crippen LogP contribution in [0.4, 0.5) is 5.69 Å². The third-order valence-electron chi connectivity index (χ3n) is 2.70. The minimum Gasteiger partial charge on any atom is -0.506 e. The smallest absolute Gasteiger partial charge is 0.335 e. The van der Waals surface area contributed by atoms with Crippen LogP contribution in [0.25, 0.3) is 0 Å². The molecule has 0 saturated carbocycles. The summed E-state index contributed by atoms with van der Waals surface area (Å²) < 4.78 is 0. The van der Waals surface area contributed by atoms with Crippen LogP contribution in [0.2, 0.25) is 0 Å². The van der Waals surface area contributed by atoms with E-state index in [4.69, 9.17) is 5.11 Å². The predicted octanol–water partition coefficient (Wildman–Crippen LogP) is 2.05. The third kappa shape index (κ3) is 2.92. The van der Waals surface area contributed by atoms with Gasteiger partial charge in [-0.25, -0.2) is 4.79 Å². The molecule has 1 amide bonds. The van der Waals surface area contributed by atoms with Gasteiger partial charge in [0.1, 0.15) is 5.75 Å². The second-order valence-corrected chi connectivity index (χ2v) is 4.22. The van der Waals surface area contributed by atoms with Gasteiger partial charge in [-0.2, -0.15) is 0 Å². The summed E-state index contributed by atoms with van der Waals surface area (Å²) >= 11 is 0. The van der Waals surface area contributed by atoms with E-state index in [9.17, 15) is 14.7 Å². The van der Waals surface area contributed by atoms with Crippen LogP contribution >= 0.6 is 0 Å². The van der Waals surface area contributed by atoms with Crippen LogP contribution in [0.15, 0.2) is 36.7 Å². The van der Waals surface area contributed by atoms with Crippen molar-refractivity contribution in [3.63, 3.8) is 0 Å². The van der Waals surface area contributed by atoms with E-state index in [2.05, 4.69) is 10.3 Å². The van der Waals surface area contributed by atoms with Crippen molar-refractivity contribution in [3.8, 4) is 5.75 Å². The molecule has 0 aliphatic rings. The SMILES string of the molecule is Cc1cc(NC(=O)c2cncc(O)c2)ccc1C(=O)O. The third-order valence-corrected chi connectivity index (χ3v) is 2.70. The summed E-state index contributed by atoms with van der Waals surface area (Å²) in [6.07, 6.45) is 2.55. The number of pyridine rings is 1. The van der Waals surface area contributed by atoms with Gasteiger partial charge in [0.2, 0.25) is 0 Å². The summed E-state index contributed by atoms with van der Waals surface area (Å²) in [5, 5.41) is 20.8. The van der Waals surface area contributed by atoms with Crippen molar-refractivity contribution >= 4 is 17.6 Å². The molecule has 2 rings (SSSR count). The molecule has 0 aliphatic carbocycles.